The van der Waals surface area contributed by atoms with E-state index in [1.54, 1.807) is 0 Å². The van der Waals surface area contributed by atoms with E-state index in [2.05, 4.69) is 91.3 Å². The quantitative estimate of drug-likeness (QED) is 0.0549. The summed E-state index contributed by atoms with van der Waals surface area (Å²) in [6.07, 6.45) is 5.97. The molecule has 1 amide bonds. The van der Waals surface area contributed by atoms with Crippen LogP contribution in [0.2, 0.25) is 0 Å². The summed E-state index contributed by atoms with van der Waals surface area (Å²) in [6, 6.07) is 44.2. The number of carbonyl (C=O) groups excluding carboxylic acids is 2. The third-order valence-electron chi connectivity index (χ3n) is 11.2. The number of amides is 1. The maximum atomic E-state index is 11.7. The molecule has 2 aliphatic heterocycles. The van der Waals surface area contributed by atoms with Gasteiger partial charge < -0.3 is 41.0 Å². The Bertz CT molecular complexity index is 3070. The number of allylic oxidation sites excluding steroid dienone is 1. The van der Waals surface area contributed by atoms with E-state index in [0.717, 1.165) is 120 Å². The molecule has 0 bridgehead atoms. The zero-order chi connectivity index (χ0) is 48.0. The second kappa shape index (κ2) is 24.2. The number of halogens is 1. The van der Waals surface area contributed by atoms with Crippen LogP contribution >= 0.6 is 11.6 Å². The van der Waals surface area contributed by atoms with E-state index < -0.39 is 5.24 Å². The molecule has 0 aliphatic carbocycles. The third-order valence-corrected chi connectivity index (χ3v) is 11.4. The number of anilines is 8. The summed E-state index contributed by atoms with van der Waals surface area (Å²) in [5.41, 5.74) is 17.4. The number of benzene rings is 6. The zero-order valence-electron chi connectivity index (χ0n) is 37.9. The first-order chi connectivity index (χ1) is 33.7. The molecule has 5 N–H and O–H groups in total. The second-order valence-electron chi connectivity index (χ2n) is 15.8. The Morgan fingerprint density at radius 1 is 0.586 bits per heavy atom. The summed E-state index contributed by atoms with van der Waals surface area (Å²) in [6.45, 7) is 13.3. The second-order valence-corrected chi connectivity index (χ2v) is 16.2. The fraction of sp³-hybridized carbons (Fsp3) is 0.164. The Labute approximate surface area is 412 Å². The van der Waals surface area contributed by atoms with Crippen molar-refractivity contribution < 1.29 is 19.1 Å². The third kappa shape index (κ3) is 13.1. The molecular formula is C55H55ClN10O4. The van der Waals surface area contributed by atoms with Crippen LogP contribution in [0.25, 0.3) is 44.1 Å². The molecule has 14 nitrogen and oxygen atoms in total. The molecule has 0 spiro atoms. The van der Waals surface area contributed by atoms with Crippen molar-refractivity contribution in [3.63, 3.8) is 0 Å². The van der Waals surface area contributed by atoms with Gasteiger partial charge in [-0.1, -0.05) is 81.2 Å². The van der Waals surface area contributed by atoms with Crippen molar-refractivity contribution in [3.8, 4) is 22.3 Å². The molecule has 2 aromatic heterocycles. The van der Waals surface area contributed by atoms with Crippen molar-refractivity contribution in [2.75, 3.05) is 84.1 Å². The number of hydrogen-bond acceptors (Lipinski definition) is 13. The number of para-hydroxylation sites is 2. The highest BCUT2D eigenvalue weighted by Gasteiger charge is 2.14. The van der Waals surface area contributed by atoms with E-state index in [1.807, 2.05) is 103 Å². The summed E-state index contributed by atoms with van der Waals surface area (Å²) < 4.78 is 10.9. The molecule has 0 atom stereocenters. The standard InChI is InChI=1S/C27H25N5O2.C24H23N5O.C3H3ClO.CH4/c1-2-25(33)29-22-7-3-5-19(17-22)24-8-4-6-20-18-28-27(31-26(20)24)30-21-9-11-23(12-10-21)32-13-15-34-16-14-32;25-19-5-1-3-17(15-19)22-6-2-4-18-16-26-24(28-23(18)22)27-20-7-9-21(10-8-20)29-11-13-30-14-12-29;1-2-3(4)5;/h2-12,17-18H,1,13-16H2,(H,29,33)(H,28,30,31);1-10,15-16H,11-14,25H2,(H,26,27,28);2H,1H2;1H4. The Kier molecular flexibility index (Phi) is 17.2. The Morgan fingerprint density at radius 3 is 1.47 bits per heavy atom. The van der Waals surface area contributed by atoms with Gasteiger partial charge in [0.2, 0.25) is 23.0 Å². The summed E-state index contributed by atoms with van der Waals surface area (Å²) in [4.78, 5) is 44.4. The van der Waals surface area contributed by atoms with Crippen molar-refractivity contribution in [1.82, 2.24) is 19.9 Å². The smallest absolute Gasteiger partial charge is 0.247 e. The minimum Gasteiger partial charge on any atom is -0.399 e. The van der Waals surface area contributed by atoms with Crippen molar-refractivity contribution in [2.45, 2.75) is 7.43 Å². The Hall–Kier alpha value is -8.17. The van der Waals surface area contributed by atoms with E-state index in [1.165, 1.54) is 17.5 Å². The van der Waals surface area contributed by atoms with Crippen LogP contribution < -0.4 is 31.5 Å². The van der Waals surface area contributed by atoms with Crippen molar-refractivity contribution in [2.24, 2.45) is 0 Å². The maximum absolute atomic E-state index is 11.7. The van der Waals surface area contributed by atoms with Crippen molar-refractivity contribution in [1.29, 1.82) is 0 Å². The monoisotopic (exact) mass is 954 g/mol. The highest BCUT2D eigenvalue weighted by molar-refractivity contribution is 6.66. The number of aromatic nitrogens is 4. The lowest BCUT2D eigenvalue weighted by Crippen LogP contribution is -2.36. The summed E-state index contributed by atoms with van der Waals surface area (Å²) >= 11 is 4.71. The Balaban J connectivity index is 0.000000187. The molecule has 0 unspecified atom stereocenters. The molecule has 0 radical (unpaired) electrons. The SMILES string of the molecule is C.C=CC(=O)Cl.C=CC(=O)Nc1cccc(-c2cccc3cnc(Nc4ccc(N5CCOCC5)cc4)nc23)c1.Nc1cccc(-c2cccc3cnc(Nc4ccc(N5CCOCC5)cc4)nc23)c1. The number of hydrogen-bond donors (Lipinski definition) is 4. The van der Waals surface area contributed by atoms with Crippen LogP contribution in [0.1, 0.15) is 7.43 Å². The van der Waals surface area contributed by atoms with Crippen LogP contribution in [0.4, 0.5) is 46.0 Å². The van der Waals surface area contributed by atoms with Crippen molar-refractivity contribution in [3.05, 3.63) is 171 Å². The van der Waals surface area contributed by atoms with Crippen LogP contribution in [0.5, 0.6) is 0 Å². The van der Waals surface area contributed by atoms with Gasteiger partial charge in [-0.25, -0.2) is 19.9 Å². The fourth-order valence-corrected chi connectivity index (χ4v) is 7.77. The molecule has 0 saturated carbocycles. The lowest BCUT2D eigenvalue weighted by Gasteiger charge is -2.28. The molecule has 10 rings (SSSR count). The summed E-state index contributed by atoms with van der Waals surface area (Å²) in [7, 11) is 0. The fourth-order valence-electron chi connectivity index (χ4n) is 7.77. The van der Waals surface area contributed by atoms with Gasteiger partial charge in [-0.05, 0) is 108 Å². The first-order valence-corrected chi connectivity index (χ1v) is 22.7. The van der Waals surface area contributed by atoms with Gasteiger partial charge in [0.15, 0.2) is 0 Å². The predicted molar refractivity (Wildman–Crippen MR) is 286 cm³/mol. The molecule has 356 valence electrons. The van der Waals surface area contributed by atoms with Gasteiger partial charge in [-0.15, -0.1) is 0 Å². The van der Waals surface area contributed by atoms with E-state index in [-0.39, 0.29) is 13.3 Å². The normalized spacial score (nSPS) is 13.0. The van der Waals surface area contributed by atoms with Gasteiger partial charge in [0.1, 0.15) is 0 Å². The van der Waals surface area contributed by atoms with E-state index >= 15 is 0 Å². The predicted octanol–water partition coefficient (Wildman–Crippen LogP) is 11.0. The van der Waals surface area contributed by atoms with Crippen LogP contribution in [0, 0.1) is 0 Å². The molecule has 4 heterocycles. The number of nitrogens with zero attached hydrogens (tertiary/aromatic N) is 6. The summed E-state index contributed by atoms with van der Waals surface area (Å²) in [5, 5.41) is 10.9. The van der Waals surface area contributed by atoms with Gasteiger partial charge in [-0.2, -0.15) is 0 Å². The van der Waals surface area contributed by atoms with Gasteiger partial charge in [0.05, 0.1) is 37.5 Å². The van der Waals surface area contributed by atoms with Gasteiger partial charge in [-0.3, -0.25) is 9.59 Å². The minimum atomic E-state index is -0.509. The van der Waals surface area contributed by atoms with Crippen LogP contribution in [0.3, 0.4) is 0 Å². The molecule has 2 fully saturated rings. The van der Waals surface area contributed by atoms with Crippen LogP contribution in [-0.4, -0.2) is 83.7 Å². The van der Waals surface area contributed by atoms with Gasteiger partial charge in [0.25, 0.3) is 0 Å². The number of nitrogens with one attached hydrogen (secondary N) is 3. The average Bonchev–Trinajstić information content (AvgIpc) is 3.39. The number of fused-ring (bicyclic) bond motifs is 2. The Morgan fingerprint density at radius 2 is 1.03 bits per heavy atom. The molecule has 6 aromatic carbocycles. The van der Waals surface area contributed by atoms with E-state index in [0.29, 0.717) is 17.6 Å². The van der Waals surface area contributed by atoms with Crippen LogP contribution in [-0.2, 0) is 19.1 Å². The molecule has 2 saturated heterocycles. The van der Waals surface area contributed by atoms with Crippen molar-refractivity contribution >= 4 is 90.6 Å². The van der Waals surface area contributed by atoms with E-state index in [4.69, 9.17) is 36.8 Å². The minimum absolute atomic E-state index is 0. The van der Waals surface area contributed by atoms with E-state index in [9.17, 15) is 9.59 Å². The number of morpholine rings is 2. The van der Waals surface area contributed by atoms with Gasteiger partial charge in [0, 0.05) is 94.6 Å². The first kappa shape index (κ1) is 49.7. The molecule has 70 heavy (non-hydrogen) atoms. The molecule has 8 aromatic rings. The number of nitrogen functional groups attached to an aromatic ring is 1. The first-order valence-electron chi connectivity index (χ1n) is 22.4. The average molecular weight is 956 g/mol. The zero-order valence-corrected chi connectivity index (χ0v) is 38.6. The number of nitrogens with two attached hydrogens (primary N) is 1. The topological polar surface area (TPSA) is 173 Å². The maximum Gasteiger partial charge on any atom is 0.247 e. The lowest BCUT2D eigenvalue weighted by atomic mass is 10.0. The highest BCUT2D eigenvalue weighted by atomic mass is 35.5. The highest BCUT2D eigenvalue weighted by Crippen LogP contribution is 2.32. The number of carbonyl (C=O) groups is 2. The summed E-state index contributed by atoms with van der Waals surface area (Å²) in [5.74, 6) is 0.844. The van der Waals surface area contributed by atoms with Gasteiger partial charge >= 0.3 is 0 Å². The number of rotatable bonds is 11. The van der Waals surface area contributed by atoms with Crippen LogP contribution in [0.15, 0.2) is 171 Å². The molecular weight excluding hydrogens is 900 g/mol. The largest absolute Gasteiger partial charge is 0.399 e. The number of ether oxygens (including phenoxy) is 2. The molecule has 15 heteroatoms. The lowest BCUT2D eigenvalue weighted by molar-refractivity contribution is -0.112. The molecule has 2 aliphatic rings.